The van der Waals surface area contributed by atoms with Gasteiger partial charge in [-0.1, -0.05) is 42.5 Å². The third kappa shape index (κ3) is 3.52. The van der Waals surface area contributed by atoms with Crippen molar-refractivity contribution in [3.8, 4) is 0 Å². The first-order valence-electron chi connectivity index (χ1n) is 6.70. The number of rotatable bonds is 4. The van der Waals surface area contributed by atoms with Crippen molar-refractivity contribution in [2.75, 3.05) is 11.4 Å². The summed E-state index contributed by atoms with van der Waals surface area (Å²) in [6, 6.07) is 15.0. The van der Waals surface area contributed by atoms with Gasteiger partial charge < -0.3 is 0 Å². The number of aryl methyl sites for hydroxylation is 1. The molecule has 0 aliphatic heterocycles. The Morgan fingerprint density at radius 2 is 1.62 bits per heavy atom. The summed E-state index contributed by atoms with van der Waals surface area (Å²) in [7, 11) is -1.92. The van der Waals surface area contributed by atoms with Gasteiger partial charge in [0, 0.05) is 7.05 Å². The van der Waals surface area contributed by atoms with E-state index in [4.69, 9.17) is 0 Å². The number of nitrogens with zero attached hydrogens (tertiary/aromatic N) is 1. The zero-order chi connectivity index (χ0) is 15.5. The van der Waals surface area contributed by atoms with Gasteiger partial charge in [-0.15, -0.1) is 0 Å². The first-order valence-corrected chi connectivity index (χ1v) is 8.20. The third-order valence-electron chi connectivity index (χ3n) is 3.53. The number of anilines is 1. The van der Waals surface area contributed by atoms with Crippen LogP contribution in [0.15, 0.2) is 53.9 Å². The molecule has 0 spiro atoms. The van der Waals surface area contributed by atoms with Crippen LogP contribution in [0.3, 0.4) is 0 Å². The lowest BCUT2D eigenvalue weighted by molar-refractivity contribution is 0.603. The van der Waals surface area contributed by atoms with Gasteiger partial charge >= 0.3 is 0 Å². The van der Waals surface area contributed by atoms with Crippen molar-refractivity contribution in [1.29, 1.82) is 0 Å². The predicted molar refractivity (Wildman–Crippen MR) is 88.7 cm³/mol. The maximum atomic E-state index is 12.4. The van der Waals surface area contributed by atoms with Crippen molar-refractivity contribution in [2.45, 2.75) is 13.8 Å². The van der Waals surface area contributed by atoms with Crippen LogP contribution in [0.25, 0.3) is 6.08 Å². The van der Waals surface area contributed by atoms with Crippen molar-refractivity contribution in [3.05, 3.63) is 70.6 Å². The number of hydrogen-bond acceptors (Lipinski definition) is 2. The number of sulfonamides is 1. The molecule has 110 valence electrons. The maximum Gasteiger partial charge on any atom is 0.257 e. The van der Waals surface area contributed by atoms with Crippen LogP contribution in [-0.4, -0.2) is 15.5 Å². The van der Waals surface area contributed by atoms with Crippen molar-refractivity contribution >= 4 is 21.8 Å². The SMILES string of the molecule is Cc1cccc(N(C)S(=O)(=O)/C=C/c2ccccc2)c1C. The van der Waals surface area contributed by atoms with E-state index in [0.29, 0.717) is 5.69 Å². The lowest BCUT2D eigenvalue weighted by atomic mass is 10.1. The molecule has 0 N–H and O–H groups in total. The minimum Gasteiger partial charge on any atom is -0.270 e. The third-order valence-corrected chi connectivity index (χ3v) is 4.97. The summed E-state index contributed by atoms with van der Waals surface area (Å²) in [6.07, 6.45) is 1.61. The van der Waals surface area contributed by atoms with Gasteiger partial charge in [-0.3, -0.25) is 4.31 Å². The molecule has 2 rings (SSSR count). The molecule has 3 nitrogen and oxygen atoms in total. The Hall–Kier alpha value is -2.07. The number of hydrogen-bond donors (Lipinski definition) is 0. The highest BCUT2D eigenvalue weighted by molar-refractivity contribution is 7.95. The molecule has 0 radical (unpaired) electrons. The van der Waals surface area contributed by atoms with Gasteiger partial charge in [0.2, 0.25) is 0 Å². The van der Waals surface area contributed by atoms with Crippen LogP contribution in [0.1, 0.15) is 16.7 Å². The molecule has 0 saturated heterocycles. The molecule has 4 heteroatoms. The van der Waals surface area contributed by atoms with Crippen LogP contribution in [0.5, 0.6) is 0 Å². The molecule has 0 unspecified atom stereocenters. The Bertz CT molecular complexity index is 750. The van der Waals surface area contributed by atoms with Crippen molar-refractivity contribution in [2.24, 2.45) is 0 Å². The van der Waals surface area contributed by atoms with Crippen LogP contribution in [0, 0.1) is 13.8 Å². The molecule has 0 fully saturated rings. The van der Waals surface area contributed by atoms with Gasteiger partial charge in [-0.25, -0.2) is 8.42 Å². The second-order valence-electron chi connectivity index (χ2n) is 4.94. The minimum absolute atomic E-state index is 0.702. The van der Waals surface area contributed by atoms with E-state index < -0.39 is 10.0 Å². The van der Waals surface area contributed by atoms with E-state index in [2.05, 4.69) is 0 Å². The van der Waals surface area contributed by atoms with E-state index in [1.54, 1.807) is 13.1 Å². The van der Waals surface area contributed by atoms with Gasteiger partial charge in [-0.2, -0.15) is 0 Å². The maximum absolute atomic E-state index is 12.4. The van der Waals surface area contributed by atoms with E-state index in [0.717, 1.165) is 16.7 Å². The second kappa shape index (κ2) is 6.14. The van der Waals surface area contributed by atoms with Gasteiger partial charge in [0.05, 0.1) is 11.1 Å². The lowest BCUT2D eigenvalue weighted by Gasteiger charge is -2.20. The van der Waals surface area contributed by atoms with Crippen LogP contribution in [0.2, 0.25) is 0 Å². The average molecular weight is 301 g/mol. The quantitative estimate of drug-likeness (QED) is 0.862. The summed E-state index contributed by atoms with van der Waals surface area (Å²) in [5.74, 6) is 0. The van der Waals surface area contributed by atoms with E-state index >= 15 is 0 Å². The van der Waals surface area contributed by atoms with Gasteiger partial charge in [0.15, 0.2) is 0 Å². The monoisotopic (exact) mass is 301 g/mol. The summed E-state index contributed by atoms with van der Waals surface area (Å²) >= 11 is 0. The average Bonchev–Trinajstić information content (AvgIpc) is 2.48. The highest BCUT2D eigenvalue weighted by Crippen LogP contribution is 2.24. The highest BCUT2D eigenvalue weighted by Gasteiger charge is 2.17. The van der Waals surface area contributed by atoms with Crippen LogP contribution < -0.4 is 4.31 Å². The topological polar surface area (TPSA) is 37.4 Å². The molecule has 0 aliphatic carbocycles. The Balaban J connectivity index is 2.31. The normalized spacial score (nSPS) is 11.8. The van der Waals surface area contributed by atoms with E-state index in [1.165, 1.54) is 9.71 Å². The molecule has 0 heterocycles. The number of benzene rings is 2. The van der Waals surface area contributed by atoms with Gasteiger partial charge in [0.25, 0.3) is 10.0 Å². The molecular weight excluding hydrogens is 282 g/mol. The molecule has 0 atom stereocenters. The molecule has 0 saturated carbocycles. The molecule has 2 aromatic rings. The minimum atomic E-state index is -3.50. The summed E-state index contributed by atoms with van der Waals surface area (Å²) in [5.41, 5.74) is 3.60. The van der Waals surface area contributed by atoms with Crippen LogP contribution in [-0.2, 0) is 10.0 Å². The summed E-state index contributed by atoms with van der Waals surface area (Å²) in [6.45, 7) is 3.90. The van der Waals surface area contributed by atoms with Crippen molar-refractivity contribution in [1.82, 2.24) is 0 Å². The Kier molecular flexibility index (Phi) is 4.48. The summed E-state index contributed by atoms with van der Waals surface area (Å²) < 4.78 is 26.1. The fourth-order valence-electron chi connectivity index (χ4n) is 2.03. The Labute approximate surface area is 126 Å². The molecular formula is C17H19NO2S. The molecule has 0 bridgehead atoms. The van der Waals surface area contributed by atoms with Crippen molar-refractivity contribution in [3.63, 3.8) is 0 Å². The molecule has 21 heavy (non-hydrogen) atoms. The molecule has 2 aromatic carbocycles. The standard InChI is InChI=1S/C17H19NO2S/c1-14-8-7-11-17(15(14)2)18(3)21(19,20)13-12-16-9-5-4-6-10-16/h4-13H,1-3H3/b13-12+. The fraction of sp³-hybridized carbons (Fsp3) is 0.176. The second-order valence-corrected chi connectivity index (χ2v) is 6.79. The van der Waals surface area contributed by atoms with Gasteiger partial charge in [-0.05, 0) is 42.7 Å². The fourth-order valence-corrected chi connectivity index (χ4v) is 3.02. The van der Waals surface area contributed by atoms with E-state index in [1.807, 2.05) is 62.4 Å². The van der Waals surface area contributed by atoms with E-state index in [9.17, 15) is 8.42 Å². The zero-order valence-electron chi connectivity index (χ0n) is 12.4. The predicted octanol–water partition coefficient (Wildman–Crippen LogP) is 3.74. The Morgan fingerprint density at radius 1 is 0.952 bits per heavy atom. The van der Waals surface area contributed by atoms with Crippen LogP contribution in [0.4, 0.5) is 5.69 Å². The highest BCUT2D eigenvalue weighted by atomic mass is 32.2. The molecule has 0 aromatic heterocycles. The van der Waals surface area contributed by atoms with Crippen molar-refractivity contribution < 1.29 is 8.42 Å². The summed E-state index contributed by atoms with van der Waals surface area (Å²) in [4.78, 5) is 0. The van der Waals surface area contributed by atoms with Crippen LogP contribution >= 0.6 is 0 Å². The Morgan fingerprint density at radius 3 is 2.29 bits per heavy atom. The van der Waals surface area contributed by atoms with Gasteiger partial charge in [0.1, 0.15) is 0 Å². The van der Waals surface area contributed by atoms with E-state index in [-0.39, 0.29) is 0 Å². The first-order chi connectivity index (χ1) is 9.92. The molecule has 0 amide bonds. The smallest absolute Gasteiger partial charge is 0.257 e. The molecule has 0 aliphatic rings. The summed E-state index contributed by atoms with van der Waals surface area (Å²) in [5, 5.41) is 1.24. The lowest BCUT2D eigenvalue weighted by Crippen LogP contribution is -2.25. The largest absolute Gasteiger partial charge is 0.270 e. The zero-order valence-corrected chi connectivity index (χ0v) is 13.3. The first kappa shape index (κ1) is 15.3.